The minimum absolute atomic E-state index is 0.105. The Hall–Kier alpha value is -1.16. The van der Waals surface area contributed by atoms with Gasteiger partial charge in [0.2, 0.25) is 10.0 Å². The van der Waals surface area contributed by atoms with E-state index in [0.29, 0.717) is 6.61 Å². The molecule has 25 heavy (non-hydrogen) atoms. The summed E-state index contributed by atoms with van der Waals surface area (Å²) in [4.78, 5) is 0. The maximum atomic E-state index is 12.7. The van der Waals surface area contributed by atoms with Crippen LogP contribution in [0.15, 0.2) is 24.3 Å². The number of alkyl halides is 3. The van der Waals surface area contributed by atoms with E-state index < -0.39 is 27.5 Å². The highest BCUT2D eigenvalue weighted by Crippen LogP contribution is 2.30. The third-order valence-corrected chi connectivity index (χ3v) is 5.69. The SMILES string of the molecule is COCC1(CNS(=O)(=O)Cc2cccc(C(F)(F)F)c2)CCNCC1. The molecule has 1 fully saturated rings. The smallest absolute Gasteiger partial charge is 0.384 e. The molecule has 0 bridgehead atoms. The molecule has 0 saturated carbocycles. The summed E-state index contributed by atoms with van der Waals surface area (Å²) < 4.78 is 70.6. The van der Waals surface area contributed by atoms with Crippen molar-refractivity contribution in [2.45, 2.75) is 24.8 Å². The Morgan fingerprint density at radius 2 is 1.96 bits per heavy atom. The molecule has 0 amide bonds. The summed E-state index contributed by atoms with van der Waals surface area (Å²) in [7, 11) is -2.18. The largest absolute Gasteiger partial charge is 0.416 e. The first-order chi connectivity index (χ1) is 11.7. The predicted octanol–water partition coefficient (Wildman–Crippen LogP) is 2.14. The molecule has 1 aliphatic rings. The average Bonchev–Trinajstić information content (AvgIpc) is 2.54. The number of halogens is 3. The molecule has 0 aromatic heterocycles. The van der Waals surface area contributed by atoms with E-state index in [2.05, 4.69) is 10.0 Å². The van der Waals surface area contributed by atoms with Crippen LogP contribution in [0.25, 0.3) is 0 Å². The van der Waals surface area contributed by atoms with E-state index in [0.717, 1.165) is 38.1 Å². The van der Waals surface area contributed by atoms with Crippen LogP contribution < -0.4 is 10.0 Å². The molecule has 1 aromatic carbocycles. The van der Waals surface area contributed by atoms with Crippen LogP contribution in [0.4, 0.5) is 13.2 Å². The fraction of sp³-hybridized carbons (Fsp3) is 0.625. The van der Waals surface area contributed by atoms with Gasteiger partial charge < -0.3 is 10.1 Å². The van der Waals surface area contributed by atoms with Gasteiger partial charge >= 0.3 is 6.18 Å². The third kappa shape index (κ3) is 5.95. The van der Waals surface area contributed by atoms with Gasteiger partial charge in [-0.1, -0.05) is 18.2 Å². The Labute approximate surface area is 146 Å². The van der Waals surface area contributed by atoms with Gasteiger partial charge in [-0.2, -0.15) is 13.2 Å². The number of sulfonamides is 1. The van der Waals surface area contributed by atoms with Crippen LogP contribution >= 0.6 is 0 Å². The van der Waals surface area contributed by atoms with Crippen molar-refractivity contribution >= 4 is 10.0 Å². The second-order valence-corrected chi connectivity index (χ2v) is 8.27. The van der Waals surface area contributed by atoms with Gasteiger partial charge in [0.25, 0.3) is 0 Å². The molecule has 1 aromatic rings. The number of hydrogen-bond donors (Lipinski definition) is 2. The molecule has 1 aliphatic heterocycles. The minimum Gasteiger partial charge on any atom is -0.384 e. The number of hydrogen-bond acceptors (Lipinski definition) is 4. The molecule has 0 spiro atoms. The molecule has 9 heteroatoms. The molecule has 2 N–H and O–H groups in total. The summed E-state index contributed by atoms with van der Waals surface area (Å²) >= 11 is 0. The molecule has 0 unspecified atom stereocenters. The van der Waals surface area contributed by atoms with E-state index in [1.54, 1.807) is 7.11 Å². The van der Waals surface area contributed by atoms with Crippen LogP contribution in [-0.4, -0.2) is 41.8 Å². The molecule has 142 valence electrons. The van der Waals surface area contributed by atoms with Crippen LogP contribution in [0.3, 0.4) is 0 Å². The zero-order chi connectivity index (χ0) is 18.6. The number of methoxy groups -OCH3 is 1. The van der Waals surface area contributed by atoms with Crippen LogP contribution in [0.1, 0.15) is 24.0 Å². The monoisotopic (exact) mass is 380 g/mol. The standard InChI is InChI=1S/C16H23F3N2O3S/c1-24-12-15(5-7-20-8-6-15)11-21-25(22,23)10-13-3-2-4-14(9-13)16(17,18)19/h2-4,9,20-21H,5-8,10-12H2,1H3. The Kier molecular flexibility index (Phi) is 6.47. The van der Waals surface area contributed by atoms with Crippen LogP contribution in [0.2, 0.25) is 0 Å². The summed E-state index contributed by atoms with van der Waals surface area (Å²) in [6, 6.07) is 4.39. The third-order valence-electron chi connectivity index (χ3n) is 4.39. The number of piperidine rings is 1. The minimum atomic E-state index is -4.50. The van der Waals surface area contributed by atoms with Crippen LogP contribution in [-0.2, 0) is 26.7 Å². The average molecular weight is 380 g/mol. The van der Waals surface area contributed by atoms with Gasteiger partial charge in [-0.25, -0.2) is 13.1 Å². The van der Waals surface area contributed by atoms with Crippen molar-refractivity contribution in [3.8, 4) is 0 Å². The van der Waals surface area contributed by atoms with Gasteiger partial charge in [0.05, 0.1) is 17.9 Å². The van der Waals surface area contributed by atoms with Crippen molar-refractivity contribution in [3.63, 3.8) is 0 Å². The fourth-order valence-corrected chi connectivity index (χ4v) is 4.25. The van der Waals surface area contributed by atoms with E-state index in [-0.39, 0.29) is 17.5 Å². The first-order valence-electron chi connectivity index (χ1n) is 7.99. The second kappa shape index (κ2) is 8.03. The molecule has 2 rings (SSSR count). The lowest BCUT2D eigenvalue weighted by Gasteiger charge is -2.37. The maximum Gasteiger partial charge on any atom is 0.416 e. The lowest BCUT2D eigenvalue weighted by Crippen LogP contribution is -2.47. The van der Waals surface area contributed by atoms with E-state index in [1.807, 2.05) is 0 Å². The lowest BCUT2D eigenvalue weighted by molar-refractivity contribution is -0.137. The zero-order valence-electron chi connectivity index (χ0n) is 14.0. The maximum absolute atomic E-state index is 12.7. The molecule has 0 atom stereocenters. The predicted molar refractivity (Wildman–Crippen MR) is 88.5 cm³/mol. The lowest BCUT2D eigenvalue weighted by atomic mass is 9.80. The summed E-state index contributed by atoms with van der Waals surface area (Å²) in [6.45, 7) is 2.20. The molecule has 1 heterocycles. The van der Waals surface area contributed by atoms with Gasteiger partial charge in [-0.3, -0.25) is 0 Å². The zero-order valence-corrected chi connectivity index (χ0v) is 14.8. The van der Waals surface area contributed by atoms with E-state index in [4.69, 9.17) is 4.74 Å². The van der Waals surface area contributed by atoms with Gasteiger partial charge in [0.15, 0.2) is 0 Å². The van der Waals surface area contributed by atoms with Gasteiger partial charge in [0, 0.05) is 19.1 Å². The van der Waals surface area contributed by atoms with Crippen molar-refractivity contribution in [2.24, 2.45) is 5.41 Å². The normalized spacial score (nSPS) is 18.2. The second-order valence-electron chi connectivity index (χ2n) is 6.46. The van der Waals surface area contributed by atoms with Crippen molar-refractivity contribution < 1.29 is 26.3 Å². The van der Waals surface area contributed by atoms with Crippen molar-refractivity contribution in [3.05, 3.63) is 35.4 Å². The number of ether oxygens (including phenoxy) is 1. The van der Waals surface area contributed by atoms with Crippen LogP contribution in [0.5, 0.6) is 0 Å². The van der Waals surface area contributed by atoms with Gasteiger partial charge in [-0.15, -0.1) is 0 Å². The molecule has 1 saturated heterocycles. The highest BCUT2D eigenvalue weighted by atomic mass is 32.2. The van der Waals surface area contributed by atoms with Crippen molar-refractivity contribution in [1.82, 2.24) is 10.0 Å². The number of benzene rings is 1. The number of rotatable bonds is 7. The van der Waals surface area contributed by atoms with E-state index in [9.17, 15) is 21.6 Å². The summed E-state index contributed by atoms with van der Waals surface area (Å²) in [5.41, 5.74) is -1.04. The summed E-state index contributed by atoms with van der Waals surface area (Å²) in [5, 5.41) is 3.22. The van der Waals surface area contributed by atoms with Crippen molar-refractivity contribution in [2.75, 3.05) is 33.4 Å². The highest BCUT2D eigenvalue weighted by Gasteiger charge is 2.34. The Morgan fingerprint density at radius 3 is 2.56 bits per heavy atom. The van der Waals surface area contributed by atoms with E-state index >= 15 is 0 Å². The van der Waals surface area contributed by atoms with E-state index in [1.165, 1.54) is 12.1 Å². The molecular formula is C16H23F3N2O3S. The quantitative estimate of drug-likeness (QED) is 0.761. The molecular weight excluding hydrogens is 357 g/mol. The highest BCUT2D eigenvalue weighted by molar-refractivity contribution is 7.88. The van der Waals surface area contributed by atoms with Crippen molar-refractivity contribution in [1.29, 1.82) is 0 Å². The first kappa shape index (κ1) is 20.2. The topological polar surface area (TPSA) is 67.4 Å². The Bertz CT molecular complexity index is 666. The molecule has 5 nitrogen and oxygen atoms in total. The summed E-state index contributed by atoms with van der Waals surface area (Å²) in [5.74, 6) is -0.488. The Morgan fingerprint density at radius 1 is 1.28 bits per heavy atom. The van der Waals surface area contributed by atoms with Gasteiger partial charge in [0.1, 0.15) is 0 Å². The summed E-state index contributed by atoms with van der Waals surface area (Å²) in [6.07, 6.45) is -2.95. The molecule has 0 radical (unpaired) electrons. The fourth-order valence-electron chi connectivity index (χ4n) is 3.01. The Balaban J connectivity index is 2.04. The van der Waals surface area contributed by atoms with Gasteiger partial charge in [-0.05, 0) is 37.6 Å². The van der Waals surface area contributed by atoms with Crippen LogP contribution in [0, 0.1) is 5.41 Å². The number of nitrogens with one attached hydrogen (secondary N) is 2. The molecule has 0 aliphatic carbocycles. The first-order valence-corrected chi connectivity index (χ1v) is 9.64.